The molecular formula is C13H17Cl2N. The summed E-state index contributed by atoms with van der Waals surface area (Å²) in [6.45, 7) is 0. The van der Waals surface area contributed by atoms with E-state index in [1.54, 1.807) is 0 Å². The Bertz CT molecular complexity index is 370. The third-order valence-corrected chi connectivity index (χ3v) is 4.40. The second-order valence-corrected chi connectivity index (χ2v) is 5.34. The van der Waals surface area contributed by atoms with Crippen molar-refractivity contribution >= 4 is 23.2 Å². The lowest BCUT2D eigenvalue weighted by Gasteiger charge is -2.38. The molecule has 3 heteroatoms. The van der Waals surface area contributed by atoms with E-state index in [0.717, 1.165) is 0 Å². The first-order chi connectivity index (χ1) is 7.68. The van der Waals surface area contributed by atoms with E-state index in [4.69, 9.17) is 23.2 Å². The minimum absolute atomic E-state index is 0.104. The van der Waals surface area contributed by atoms with Crippen molar-refractivity contribution < 1.29 is 0 Å². The summed E-state index contributed by atoms with van der Waals surface area (Å²) in [5, 5.41) is 4.76. The van der Waals surface area contributed by atoms with Gasteiger partial charge in [-0.25, -0.2) is 0 Å². The van der Waals surface area contributed by atoms with Gasteiger partial charge in [-0.05, 0) is 37.6 Å². The predicted octanol–water partition coefficient (Wildman–Crippen LogP) is 4.37. The molecule has 1 aliphatic rings. The van der Waals surface area contributed by atoms with Gasteiger partial charge in [0.15, 0.2) is 0 Å². The second kappa shape index (κ2) is 4.95. The zero-order chi connectivity index (χ0) is 11.6. The highest BCUT2D eigenvalue weighted by atomic mass is 35.5. The smallest absolute Gasteiger partial charge is 0.0595 e. The normalized spacial score (nSPS) is 19.7. The van der Waals surface area contributed by atoms with E-state index >= 15 is 0 Å². The van der Waals surface area contributed by atoms with Crippen molar-refractivity contribution in [2.24, 2.45) is 0 Å². The molecule has 2 rings (SSSR count). The fraction of sp³-hybridized carbons (Fsp3) is 0.538. The van der Waals surface area contributed by atoms with E-state index in [1.807, 2.05) is 19.2 Å². The van der Waals surface area contributed by atoms with Crippen molar-refractivity contribution in [3.05, 3.63) is 33.8 Å². The van der Waals surface area contributed by atoms with Gasteiger partial charge in [0.1, 0.15) is 0 Å². The summed E-state index contributed by atoms with van der Waals surface area (Å²) in [6, 6.07) is 5.99. The van der Waals surface area contributed by atoms with Crippen molar-refractivity contribution in [1.29, 1.82) is 0 Å². The third kappa shape index (κ3) is 2.22. The Morgan fingerprint density at radius 1 is 1.06 bits per heavy atom. The monoisotopic (exact) mass is 257 g/mol. The van der Waals surface area contributed by atoms with Crippen LogP contribution in [0.25, 0.3) is 0 Å². The molecule has 16 heavy (non-hydrogen) atoms. The Labute approximate surface area is 107 Å². The van der Waals surface area contributed by atoms with Crippen LogP contribution in [0.5, 0.6) is 0 Å². The van der Waals surface area contributed by atoms with Crippen molar-refractivity contribution in [3.63, 3.8) is 0 Å². The molecule has 0 aromatic heterocycles. The van der Waals surface area contributed by atoms with Gasteiger partial charge in [-0.1, -0.05) is 48.5 Å². The highest BCUT2D eigenvalue weighted by molar-refractivity contribution is 6.42. The molecule has 0 amide bonds. The third-order valence-electron chi connectivity index (χ3n) is 3.66. The number of hydrogen-bond acceptors (Lipinski definition) is 1. The maximum absolute atomic E-state index is 6.09. The van der Waals surface area contributed by atoms with Crippen molar-refractivity contribution in [2.45, 2.75) is 37.6 Å². The summed E-state index contributed by atoms with van der Waals surface area (Å²) in [5.41, 5.74) is 1.37. The topological polar surface area (TPSA) is 12.0 Å². The lowest BCUT2D eigenvalue weighted by atomic mass is 9.77. The fourth-order valence-corrected chi connectivity index (χ4v) is 2.93. The Kier molecular flexibility index (Phi) is 3.78. The van der Waals surface area contributed by atoms with Crippen LogP contribution in [0.15, 0.2) is 18.2 Å². The Morgan fingerprint density at radius 3 is 2.31 bits per heavy atom. The molecule has 0 radical (unpaired) electrons. The first-order valence-electron chi connectivity index (χ1n) is 5.82. The lowest BCUT2D eigenvalue weighted by Crippen LogP contribution is -2.41. The van der Waals surface area contributed by atoms with Gasteiger partial charge in [-0.3, -0.25) is 0 Å². The molecular weight excluding hydrogens is 241 g/mol. The average molecular weight is 258 g/mol. The first kappa shape index (κ1) is 12.2. The highest BCUT2D eigenvalue weighted by Crippen LogP contribution is 2.38. The molecule has 0 spiro atoms. The summed E-state index contributed by atoms with van der Waals surface area (Å²) in [4.78, 5) is 0. The Morgan fingerprint density at radius 2 is 1.75 bits per heavy atom. The second-order valence-electron chi connectivity index (χ2n) is 4.52. The first-order valence-corrected chi connectivity index (χ1v) is 6.58. The molecule has 0 atom stereocenters. The summed E-state index contributed by atoms with van der Waals surface area (Å²) in [6.07, 6.45) is 6.26. The highest BCUT2D eigenvalue weighted by Gasteiger charge is 2.32. The van der Waals surface area contributed by atoms with Crippen LogP contribution in [0.2, 0.25) is 10.0 Å². The fourth-order valence-electron chi connectivity index (χ4n) is 2.63. The van der Waals surface area contributed by atoms with Crippen LogP contribution in [-0.2, 0) is 5.54 Å². The zero-order valence-electron chi connectivity index (χ0n) is 9.52. The molecule has 0 saturated heterocycles. The molecule has 1 fully saturated rings. The van der Waals surface area contributed by atoms with E-state index in [0.29, 0.717) is 10.0 Å². The van der Waals surface area contributed by atoms with Crippen LogP contribution in [0.3, 0.4) is 0 Å². The summed E-state index contributed by atoms with van der Waals surface area (Å²) >= 11 is 12.0. The maximum Gasteiger partial charge on any atom is 0.0595 e. The number of hydrogen-bond donors (Lipinski definition) is 1. The maximum atomic E-state index is 6.09. The Hall–Kier alpha value is -0.240. The van der Waals surface area contributed by atoms with E-state index in [1.165, 1.54) is 37.7 Å². The van der Waals surface area contributed by atoms with E-state index in [-0.39, 0.29) is 5.54 Å². The van der Waals surface area contributed by atoms with Crippen molar-refractivity contribution in [3.8, 4) is 0 Å². The molecule has 0 unspecified atom stereocenters. The predicted molar refractivity (Wildman–Crippen MR) is 70.3 cm³/mol. The van der Waals surface area contributed by atoms with Gasteiger partial charge in [0.2, 0.25) is 0 Å². The van der Waals surface area contributed by atoms with Gasteiger partial charge < -0.3 is 5.32 Å². The molecule has 1 aromatic carbocycles. The largest absolute Gasteiger partial charge is 0.310 e. The van der Waals surface area contributed by atoms with Crippen molar-refractivity contribution in [1.82, 2.24) is 5.32 Å². The zero-order valence-corrected chi connectivity index (χ0v) is 11.0. The van der Waals surface area contributed by atoms with Gasteiger partial charge in [-0.2, -0.15) is 0 Å². The minimum Gasteiger partial charge on any atom is -0.310 e. The van der Waals surface area contributed by atoms with Gasteiger partial charge in [0, 0.05) is 5.54 Å². The van der Waals surface area contributed by atoms with Crippen LogP contribution in [0.4, 0.5) is 0 Å². The molecule has 1 aromatic rings. The number of nitrogens with one attached hydrogen (secondary N) is 1. The van der Waals surface area contributed by atoms with Crippen molar-refractivity contribution in [2.75, 3.05) is 7.05 Å². The summed E-state index contributed by atoms with van der Waals surface area (Å²) in [7, 11) is 2.04. The lowest BCUT2D eigenvalue weighted by molar-refractivity contribution is 0.250. The van der Waals surface area contributed by atoms with E-state index in [2.05, 4.69) is 11.4 Å². The molecule has 0 bridgehead atoms. The van der Waals surface area contributed by atoms with Crippen LogP contribution in [0.1, 0.15) is 37.7 Å². The van der Waals surface area contributed by atoms with E-state index < -0.39 is 0 Å². The molecule has 0 aliphatic heterocycles. The van der Waals surface area contributed by atoms with Gasteiger partial charge in [-0.15, -0.1) is 0 Å². The van der Waals surface area contributed by atoms with Crippen LogP contribution in [0, 0.1) is 0 Å². The minimum atomic E-state index is 0.104. The number of halogens is 2. The molecule has 0 heterocycles. The summed E-state index contributed by atoms with van der Waals surface area (Å²) < 4.78 is 0. The van der Waals surface area contributed by atoms with Crippen LogP contribution < -0.4 is 5.32 Å². The van der Waals surface area contributed by atoms with Gasteiger partial charge >= 0.3 is 0 Å². The SMILES string of the molecule is CNC1(c2ccc(Cl)c(Cl)c2)CCCCC1. The molecule has 88 valence electrons. The van der Waals surface area contributed by atoms with E-state index in [9.17, 15) is 0 Å². The van der Waals surface area contributed by atoms with Gasteiger partial charge in [0.05, 0.1) is 10.0 Å². The number of rotatable bonds is 2. The van der Waals surface area contributed by atoms with Crippen LogP contribution in [-0.4, -0.2) is 7.05 Å². The van der Waals surface area contributed by atoms with Crippen LogP contribution >= 0.6 is 23.2 Å². The summed E-state index contributed by atoms with van der Waals surface area (Å²) in [5.74, 6) is 0. The molecule has 1 nitrogen and oxygen atoms in total. The Balaban J connectivity index is 2.35. The number of benzene rings is 1. The average Bonchev–Trinajstić information content (AvgIpc) is 2.33. The molecule has 1 N–H and O–H groups in total. The molecule has 1 saturated carbocycles. The molecule has 1 aliphatic carbocycles. The standard InChI is InChI=1S/C13H17Cl2N/c1-16-13(7-3-2-4-8-13)10-5-6-11(14)12(15)9-10/h5-6,9,16H,2-4,7-8H2,1H3. The quantitative estimate of drug-likeness (QED) is 0.830. The van der Waals surface area contributed by atoms with Gasteiger partial charge in [0.25, 0.3) is 0 Å².